The third kappa shape index (κ3) is 7.34. The Bertz CT molecular complexity index is 2050. The molecular weight excluding hydrogens is 617 g/mol. The summed E-state index contributed by atoms with van der Waals surface area (Å²) in [7, 11) is 0. The van der Waals surface area contributed by atoms with Gasteiger partial charge >= 0.3 is 0 Å². The van der Waals surface area contributed by atoms with Crippen molar-refractivity contribution in [2.75, 3.05) is 0 Å². The van der Waals surface area contributed by atoms with Crippen molar-refractivity contribution in [3.05, 3.63) is 154 Å². The van der Waals surface area contributed by atoms with Crippen LogP contribution < -0.4 is 10.1 Å². The quantitative estimate of drug-likeness (QED) is 0.151. The van der Waals surface area contributed by atoms with E-state index in [9.17, 15) is 4.79 Å². The monoisotopic (exact) mass is 645 g/mol. The van der Waals surface area contributed by atoms with E-state index in [1.54, 1.807) is 30.7 Å². The van der Waals surface area contributed by atoms with Crippen molar-refractivity contribution >= 4 is 58.2 Å². The molecule has 0 spiro atoms. The number of hydrogen-bond acceptors (Lipinski definition) is 5. The van der Waals surface area contributed by atoms with Gasteiger partial charge in [0.15, 0.2) is 0 Å². The van der Waals surface area contributed by atoms with Crippen molar-refractivity contribution in [2.45, 2.75) is 20.1 Å². The molecule has 4 aromatic heterocycles. The zero-order chi connectivity index (χ0) is 31.9. The fraction of sp³-hybridized carbons (Fsp3) is 0.0811. The lowest BCUT2D eigenvalue weighted by Gasteiger charge is -2.16. The number of pyridine rings is 3. The molecule has 0 saturated heterocycles. The SMILES string of the molecule is Cc1ccc2cccc(OCc3c(Cl)ccc(-n4cccc4CNC(=O)C=Cc4ccc(C=Cc5ccncc5)nc4)c3Cl)c2n1. The molecule has 0 radical (unpaired) electrons. The van der Waals surface area contributed by atoms with E-state index >= 15 is 0 Å². The second kappa shape index (κ2) is 14.2. The van der Waals surface area contributed by atoms with Crippen LogP contribution in [0.2, 0.25) is 10.0 Å². The summed E-state index contributed by atoms with van der Waals surface area (Å²) in [6.45, 7) is 2.40. The first kappa shape index (κ1) is 30.8. The van der Waals surface area contributed by atoms with Crippen molar-refractivity contribution in [1.82, 2.24) is 24.8 Å². The second-order valence-electron chi connectivity index (χ2n) is 10.5. The molecule has 1 N–H and O–H groups in total. The van der Waals surface area contributed by atoms with Crippen LogP contribution in [-0.4, -0.2) is 25.4 Å². The molecule has 0 saturated carbocycles. The zero-order valence-corrected chi connectivity index (χ0v) is 26.4. The Morgan fingerprint density at radius 2 is 1.78 bits per heavy atom. The maximum absolute atomic E-state index is 12.7. The number of benzene rings is 2. The van der Waals surface area contributed by atoms with E-state index in [4.69, 9.17) is 27.9 Å². The summed E-state index contributed by atoms with van der Waals surface area (Å²) in [4.78, 5) is 25.8. The van der Waals surface area contributed by atoms with Gasteiger partial charge in [0.1, 0.15) is 17.9 Å². The summed E-state index contributed by atoms with van der Waals surface area (Å²) in [6, 6.07) is 24.9. The Morgan fingerprint density at radius 3 is 2.61 bits per heavy atom. The maximum atomic E-state index is 12.7. The predicted octanol–water partition coefficient (Wildman–Crippen LogP) is 8.51. The highest BCUT2D eigenvalue weighted by atomic mass is 35.5. The molecule has 1 amide bonds. The Balaban J connectivity index is 1.10. The Labute approximate surface area is 276 Å². The fourth-order valence-corrected chi connectivity index (χ4v) is 5.43. The van der Waals surface area contributed by atoms with Crippen molar-refractivity contribution in [1.29, 1.82) is 0 Å². The minimum absolute atomic E-state index is 0.162. The first-order valence-electron chi connectivity index (χ1n) is 14.6. The second-order valence-corrected chi connectivity index (χ2v) is 11.3. The molecule has 0 atom stereocenters. The molecule has 4 heterocycles. The zero-order valence-electron chi connectivity index (χ0n) is 24.9. The Hall–Kier alpha value is -5.24. The average Bonchev–Trinajstić information content (AvgIpc) is 3.54. The number of hydrogen-bond donors (Lipinski definition) is 1. The normalized spacial score (nSPS) is 11.5. The molecule has 6 rings (SSSR count). The predicted molar refractivity (Wildman–Crippen MR) is 185 cm³/mol. The van der Waals surface area contributed by atoms with E-state index in [1.807, 2.05) is 103 Å². The van der Waals surface area contributed by atoms with Crippen LogP contribution in [0.25, 0.3) is 34.8 Å². The fourth-order valence-electron chi connectivity index (χ4n) is 4.86. The van der Waals surface area contributed by atoms with E-state index in [0.29, 0.717) is 27.9 Å². The highest BCUT2D eigenvalue weighted by Gasteiger charge is 2.16. The summed E-state index contributed by atoms with van der Waals surface area (Å²) in [5.74, 6) is 0.422. The number of carbonyl (C=O) groups excluding carboxylic acids is 1. The molecule has 2 aromatic carbocycles. The summed E-state index contributed by atoms with van der Waals surface area (Å²) >= 11 is 13.5. The van der Waals surface area contributed by atoms with E-state index < -0.39 is 0 Å². The molecule has 9 heteroatoms. The lowest BCUT2D eigenvalue weighted by atomic mass is 10.1. The number of nitrogens with zero attached hydrogens (tertiary/aromatic N) is 4. The van der Waals surface area contributed by atoms with E-state index in [2.05, 4.69) is 20.3 Å². The third-order valence-electron chi connectivity index (χ3n) is 7.29. The van der Waals surface area contributed by atoms with Gasteiger partial charge in [0, 0.05) is 58.2 Å². The number of amides is 1. The highest BCUT2D eigenvalue weighted by molar-refractivity contribution is 6.37. The number of fused-ring (bicyclic) bond motifs is 1. The van der Waals surface area contributed by atoms with Crippen molar-refractivity contribution in [3.8, 4) is 11.4 Å². The summed E-state index contributed by atoms with van der Waals surface area (Å²) in [5, 5.41) is 4.90. The van der Waals surface area contributed by atoms with Gasteiger partial charge in [0.2, 0.25) is 5.91 Å². The van der Waals surface area contributed by atoms with Crippen LogP contribution in [0.4, 0.5) is 0 Å². The van der Waals surface area contributed by atoms with Gasteiger partial charge in [-0.3, -0.25) is 14.8 Å². The molecule has 6 aromatic rings. The third-order valence-corrected chi connectivity index (χ3v) is 8.06. The van der Waals surface area contributed by atoms with Crippen LogP contribution in [0, 0.1) is 6.92 Å². The number of halogens is 2. The number of aryl methyl sites for hydroxylation is 1. The molecular formula is C37H29Cl2N5O2. The average molecular weight is 647 g/mol. The minimum Gasteiger partial charge on any atom is -0.487 e. The topological polar surface area (TPSA) is 81.9 Å². The van der Waals surface area contributed by atoms with Crippen molar-refractivity contribution < 1.29 is 9.53 Å². The lowest BCUT2D eigenvalue weighted by Crippen LogP contribution is -2.21. The van der Waals surface area contributed by atoms with Crippen LogP contribution in [-0.2, 0) is 17.9 Å². The smallest absolute Gasteiger partial charge is 0.244 e. The van der Waals surface area contributed by atoms with Gasteiger partial charge in [0.05, 0.1) is 22.9 Å². The van der Waals surface area contributed by atoms with Gasteiger partial charge in [-0.25, -0.2) is 4.98 Å². The number of ether oxygens (including phenoxy) is 1. The highest BCUT2D eigenvalue weighted by Crippen LogP contribution is 2.33. The van der Waals surface area contributed by atoms with E-state index in [1.165, 1.54) is 6.08 Å². The molecule has 0 bridgehead atoms. The Kier molecular flexibility index (Phi) is 9.53. The largest absolute Gasteiger partial charge is 0.487 e. The van der Waals surface area contributed by atoms with Gasteiger partial charge in [-0.1, -0.05) is 53.5 Å². The number of nitrogens with one attached hydrogen (secondary N) is 1. The van der Waals surface area contributed by atoms with Gasteiger partial charge in [-0.05, 0) is 84.8 Å². The lowest BCUT2D eigenvalue weighted by molar-refractivity contribution is -0.116. The number of para-hydroxylation sites is 1. The first-order valence-corrected chi connectivity index (χ1v) is 15.3. The number of carbonyl (C=O) groups is 1. The molecule has 46 heavy (non-hydrogen) atoms. The standard InChI is InChI=1S/C37H29Cl2N5O2/c1-25-7-11-28-4-2-6-34(37(28)43-25)46-24-31-32(38)14-15-33(36(31)39)44-21-3-5-30(44)23-42-35(45)16-10-27-9-13-29(41-22-27)12-8-26-17-19-40-20-18-26/h2-22H,23-24H2,1H3,(H,42,45). The molecule has 0 aliphatic rings. The number of aromatic nitrogens is 4. The van der Waals surface area contributed by atoms with E-state index in [-0.39, 0.29) is 12.5 Å². The van der Waals surface area contributed by atoms with Crippen molar-refractivity contribution in [2.24, 2.45) is 0 Å². The van der Waals surface area contributed by atoms with Crippen LogP contribution in [0.3, 0.4) is 0 Å². The van der Waals surface area contributed by atoms with Crippen molar-refractivity contribution in [3.63, 3.8) is 0 Å². The number of rotatable bonds is 10. The minimum atomic E-state index is -0.232. The summed E-state index contributed by atoms with van der Waals surface area (Å²) < 4.78 is 8.12. The molecule has 0 unspecified atom stereocenters. The van der Waals surface area contributed by atoms with Gasteiger partial charge in [-0.15, -0.1) is 0 Å². The molecule has 0 fully saturated rings. The van der Waals surface area contributed by atoms with Gasteiger partial charge in [0.25, 0.3) is 0 Å². The van der Waals surface area contributed by atoms with Gasteiger partial charge < -0.3 is 14.6 Å². The van der Waals surface area contributed by atoms with Crippen LogP contribution in [0.1, 0.15) is 33.8 Å². The first-order chi connectivity index (χ1) is 22.4. The molecule has 0 aliphatic carbocycles. The summed E-state index contributed by atoms with van der Waals surface area (Å²) in [6.07, 6.45) is 14.2. The van der Waals surface area contributed by atoms with Gasteiger partial charge in [-0.2, -0.15) is 0 Å². The van der Waals surface area contributed by atoms with Crippen LogP contribution in [0.5, 0.6) is 5.75 Å². The van der Waals surface area contributed by atoms with Crippen LogP contribution >= 0.6 is 23.2 Å². The van der Waals surface area contributed by atoms with Crippen LogP contribution in [0.15, 0.2) is 110 Å². The molecule has 228 valence electrons. The summed E-state index contributed by atoms with van der Waals surface area (Å²) in [5.41, 5.74) is 6.59. The Morgan fingerprint density at radius 1 is 0.913 bits per heavy atom. The molecule has 7 nitrogen and oxygen atoms in total. The molecule has 0 aliphatic heterocycles. The van der Waals surface area contributed by atoms with E-state index in [0.717, 1.165) is 44.8 Å². The maximum Gasteiger partial charge on any atom is 0.244 e.